The summed E-state index contributed by atoms with van der Waals surface area (Å²) in [5.74, 6) is 0.559. The topological polar surface area (TPSA) is 80.9 Å². The Hall–Kier alpha value is -3.16. The Balaban J connectivity index is 1.42. The molecule has 1 fully saturated rings. The van der Waals surface area contributed by atoms with Gasteiger partial charge in [-0.1, -0.05) is 0 Å². The maximum Gasteiger partial charge on any atom is 0.323 e. The van der Waals surface area contributed by atoms with Crippen LogP contribution in [0.15, 0.2) is 36.9 Å². The predicted octanol–water partition coefficient (Wildman–Crippen LogP) is 2.77. The van der Waals surface area contributed by atoms with Gasteiger partial charge in [0.05, 0.1) is 18.4 Å². The summed E-state index contributed by atoms with van der Waals surface area (Å²) >= 11 is 0. The van der Waals surface area contributed by atoms with E-state index in [0.29, 0.717) is 18.9 Å². The molecule has 1 unspecified atom stereocenters. The van der Waals surface area contributed by atoms with Gasteiger partial charge in [-0.25, -0.2) is 9.78 Å². The van der Waals surface area contributed by atoms with Crippen LogP contribution in [-0.2, 0) is 7.05 Å². The summed E-state index contributed by atoms with van der Waals surface area (Å²) in [6, 6.07) is 3.90. The lowest BCUT2D eigenvalue weighted by molar-refractivity contribution is 0.220. The molecule has 2 amide bonds. The van der Waals surface area contributed by atoms with Crippen molar-refractivity contribution >= 4 is 11.8 Å². The number of carbonyl (C=O) groups excluding carboxylic acids is 1. The molecule has 1 aliphatic heterocycles. The second-order valence-electron chi connectivity index (χ2n) is 7.05. The third-order valence-electron chi connectivity index (χ3n) is 4.89. The van der Waals surface area contributed by atoms with Crippen molar-refractivity contribution in [1.82, 2.24) is 29.4 Å². The minimum atomic E-state index is -0.123. The van der Waals surface area contributed by atoms with Gasteiger partial charge in [0, 0.05) is 49.4 Å². The number of aromatic nitrogens is 5. The van der Waals surface area contributed by atoms with Crippen molar-refractivity contribution in [3.63, 3.8) is 0 Å². The third kappa shape index (κ3) is 3.55. The van der Waals surface area contributed by atoms with Crippen LogP contribution in [0.25, 0.3) is 11.1 Å². The number of carbonyl (C=O) groups is 1. The van der Waals surface area contributed by atoms with Gasteiger partial charge in [-0.3, -0.25) is 14.7 Å². The number of nitrogens with one attached hydrogen (secondary N) is 1. The molecule has 1 saturated heterocycles. The summed E-state index contributed by atoms with van der Waals surface area (Å²) < 4.78 is 3.71. The highest BCUT2D eigenvalue weighted by molar-refractivity contribution is 5.88. The summed E-state index contributed by atoms with van der Waals surface area (Å²) in [6.07, 6.45) is 8.53. The molecule has 8 nitrogen and oxygen atoms in total. The molecule has 1 atom stereocenters. The molecular weight excluding hydrogens is 342 g/mol. The van der Waals surface area contributed by atoms with E-state index in [1.54, 1.807) is 4.68 Å². The molecule has 0 radical (unpaired) electrons. The average Bonchev–Trinajstić information content (AvgIpc) is 3.35. The van der Waals surface area contributed by atoms with Crippen LogP contribution in [0.4, 0.5) is 10.6 Å². The molecule has 0 saturated carbocycles. The molecule has 27 heavy (non-hydrogen) atoms. The Morgan fingerprint density at radius 3 is 2.70 bits per heavy atom. The van der Waals surface area contributed by atoms with Crippen LogP contribution < -0.4 is 5.32 Å². The van der Waals surface area contributed by atoms with Crippen LogP contribution >= 0.6 is 0 Å². The number of urea groups is 1. The fourth-order valence-electron chi connectivity index (χ4n) is 3.46. The highest BCUT2D eigenvalue weighted by Crippen LogP contribution is 2.24. The predicted molar refractivity (Wildman–Crippen MR) is 102 cm³/mol. The van der Waals surface area contributed by atoms with Gasteiger partial charge in [0.15, 0.2) is 0 Å². The molecule has 0 aromatic carbocycles. The first-order valence-electron chi connectivity index (χ1n) is 9.03. The van der Waals surface area contributed by atoms with Crippen LogP contribution in [0.1, 0.15) is 23.7 Å². The zero-order valence-electron chi connectivity index (χ0n) is 15.8. The van der Waals surface area contributed by atoms with E-state index in [2.05, 4.69) is 20.5 Å². The Labute approximate surface area is 157 Å². The number of rotatable bonds is 3. The van der Waals surface area contributed by atoms with Gasteiger partial charge in [0.25, 0.3) is 0 Å². The van der Waals surface area contributed by atoms with Crippen molar-refractivity contribution in [2.45, 2.75) is 26.3 Å². The van der Waals surface area contributed by atoms with Crippen molar-refractivity contribution < 1.29 is 4.79 Å². The van der Waals surface area contributed by atoms with E-state index < -0.39 is 0 Å². The lowest BCUT2D eigenvalue weighted by Crippen LogP contribution is -2.33. The second kappa shape index (κ2) is 6.86. The minimum absolute atomic E-state index is 0.123. The van der Waals surface area contributed by atoms with E-state index in [1.165, 1.54) is 0 Å². The molecule has 1 aliphatic rings. The van der Waals surface area contributed by atoms with Gasteiger partial charge in [0.2, 0.25) is 0 Å². The van der Waals surface area contributed by atoms with E-state index in [0.717, 1.165) is 28.8 Å². The number of likely N-dealkylation sites (tertiary alicyclic amines) is 1. The van der Waals surface area contributed by atoms with Crippen LogP contribution in [0, 0.1) is 13.8 Å². The molecule has 140 valence electrons. The van der Waals surface area contributed by atoms with Crippen LogP contribution in [-0.4, -0.2) is 48.6 Å². The summed E-state index contributed by atoms with van der Waals surface area (Å²) in [4.78, 5) is 18.9. The molecule has 0 spiro atoms. The van der Waals surface area contributed by atoms with Crippen molar-refractivity contribution in [3.05, 3.63) is 48.2 Å². The lowest BCUT2D eigenvalue weighted by atomic mass is 10.1. The van der Waals surface area contributed by atoms with Gasteiger partial charge >= 0.3 is 6.03 Å². The molecule has 0 aliphatic carbocycles. The first-order valence-corrected chi connectivity index (χ1v) is 9.03. The molecule has 8 heteroatoms. The van der Waals surface area contributed by atoms with Crippen molar-refractivity contribution in [1.29, 1.82) is 0 Å². The molecule has 4 rings (SSSR count). The largest absolute Gasteiger partial charge is 0.323 e. The Bertz CT molecular complexity index is 974. The normalized spacial score (nSPS) is 16.7. The monoisotopic (exact) mass is 365 g/mol. The molecule has 1 N–H and O–H groups in total. The Morgan fingerprint density at radius 1 is 1.19 bits per heavy atom. The minimum Gasteiger partial charge on any atom is -0.322 e. The number of nitrogens with zero attached hydrogens (tertiary/aromatic N) is 6. The van der Waals surface area contributed by atoms with Gasteiger partial charge in [0.1, 0.15) is 5.82 Å². The smallest absolute Gasteiger partial charge is 0.322 e. The fourth-order valence-corrected chi connectivity index (χ4v) is 3.46. The van der Waals surface area contributed by atoms with E-state index in [4.69, 9.17) is 0 Å². The van der Waals surface area contributed by atoms with Crippen LogP contribution in [0.2, 0.25) is 0 Å². The van der Waals surface area contributed by atoms with Crippen LogP contribution in [0.5, 0.6) is 0 Å². The van der Waals surface area contributed by atoms with E-state index in [1.807, 2.05) is 67.4 Å². The number of pyridine rings is 1. The number of aryl methyl sites for hydroxylation is 3. The third-order valence-corrected chi connectivity index (χ3v) is 4.89. The van der Waals surface area contributed by atoms with Gasteiger partial charge in [-0.2, -0.15) is 10.2 Å². The quantitative estimate of drug-likeness (QED) is 0.774. The summed E-state index contributed by atoms with van der Waals surface area (Å²) in [5.41, 5.74) is 4.01. The highest BCUT2D eigenvalue weighted by atomic mass is 16.2. The van der Waals surface area contributed by atoms with Crippen molar-refractivity contribution in [3.8, 4) is 11.1 Å². The molecule has 0 bridgehead atoms. The fraction of sp³-hybridized carbons (Fsp3) is 0.368. The van der Waals surface area contributed by atoms with Gasteiger partial charge in [-0.05, 0) is 38.0 Å². The van der Waals surface area contributed by atoms with E-state index >= 15 is 0 Å². The van der Waals surface area contributed by atoms with Crippen molar-refractivity contribution in [2.75, 3.05) is 18.4 Å². The number of hydrogen-bond donors (Lipinski definition) is 1. The molecule has 3 aromatic heterocycles. The molecule has 3 aromatic rings. The first-order chi connectivity index (χ1) is 13.0. The summed E-state index contributed by atoms with van der Waals surface area (Å²) in [6.45, 7) is 5.32. The van der Waals surface area contributed by atoms with E-state index in [9.17, 15) is 4.79 Å². The zero-order valence-corrected chi connectivity index (χ0v) is 15.8. The maximum atomic E-state index is 12.6. The second-order valence-corrected chi connectivity index (χ2v) is 7.05. The zero-order chi connectivity index (χ0) is 19.0. The van der Waals surface area contributed by atoms with Gasteiger partial charge in [-0.15, -0.1) is 0 Å². The summed E-state index contributed by atoms with van der Waals surface area (Å²) in [5, 5.41) is 11.5. The molecular formula is C19H23N7O. The standard InChI is InChI=1S/C19H23N7O/c1-13-8-21-26(10-13)16-6-7-25(12-16)19(27)23-18-5-4-17(14(2)22-18)15-9-20-24(3)11-15/h4-5,8-11,16H,6-7,12H2,1-3H3,(H,22,23,27). The lowest BCUT2D eigenvalue weighted by Gasteiger charge is -2.17. The highest BCUT2D eigenvalue weighted by Gasteiger charge is 2.28. The Morgan fingerprint density at radius 2 is 2.04 bits per heavy atom. The average molecular weight is 365 g/mol. The van der Waals surface area contributed by atoms with Crippen molar-refractivity contribution in [2.24, 2.45) is 7.05 Å². The van der Waals surface area contributed by atoms with E-state index in [-0.39, 0.29) is 12.1 Å². The number of hydrogen-bond acceptors (Lipinski definition) is 4. The first kappa shape index (κ1) is 17.3. The maximum absolute atomic E-state index is 12.6. The number of anilines is 1. The summed E-state index contributed by atoms with van der Waals surface area (Å²) in [7, 11) is 1.88. The Kier molecular flexibility index (Phi) is 4.39. The SMILES string of the molecule is Cc1cnn(C2CCN(C(=O)Nc3ccc(-c4cnn(C)c4)c(C)n3)C2)c1. The van der Waals surface area contributed by atoms with Gasteiger partial charge < -0.3 is 4.90 Å². The molecule has 4 heterocycles. The van der Waals surface area contributed by atoms with Crippen LogP contribution in [0.3, 0.4) is 0 Å². The number of amides is 2.